The number of rotatable bonds is 6. The van der Waals surface area contributed by atoms with Gasteiger partial charge in [0.1, 0.15) is 11.5 Å². The fourth-order valence-electron chi connectivity index (χ4n) is 1.93. The molecule has 0 aliphatic rings. The molecule has 2 aromatic carbocycles. The van der Waals surface area contributed by atoms with Crippen LogP contribution in [0.1, 0.15) is 25.0 Å². The monoisotopic (exact) mass is 349 g/mol. The lowest BCUT2D eigenvalue weighted by molar-refractivity contribution is 0.281. The molecule has 0 spiro atoms. The summed E-state index contributed by atoms with van der Waals surface area (Å²) in [6, 6.07) is 13.9. The maximum Gasteiger partial charge on any atom is 0.131 e. The number of nitrogens with one attached hydrogen (secondary N) is 1. The molecule has 0 aliphatic carbocycles. The zero-order chi connectivity index (χ0) is 15.2. The molecule has 0 aromatic heterocycles. The van der Waals surface area contributed by atoms with Crippen LogP contribution in [-0.2, 0) is 13.2 Å². The molecule has 0 unspecified atom stereocenters. The summed E-state index contributed by atoms with van der Waals surface area (Å²) >= 11 is 3.50. The van der Waals surface area contributed by atoms with Crippen LogP contribution in [0, 0.1) is 0 Å². The van der Waals surface area contributed by atoms with Crippen LogP contribution in [0.15, 0.2) is 46.9 Å². The lowest BCUT2D eigenvalue weighted by Crippen LogP contribution is -2.22. The number of aliphatic hydroxyl groups excluding tert-OH is 1. The van der Waals surface area contributed by atoms with Crippen molar-refractivity contribution in [3.63, 3.8) is 0 Å². The van der Waals surface area contributed by atoms with Gasteiger partial charge in [0.2, 0.25) is 0 Å². The van der Waals surface area contributed by atoms with Crippen molar-refractivity contribution in [1.82, 2.24) is 5.32 Å². The van der Waals surface area contributed by atoms with Crippen molar-refractivity contribution in [2.45, 2.75) is 33.0 Å². The van der Waals surface area contributed by atoms with Crippen LogP contribution in [0.5, 0.6) is 11.5 Å². The van der Waals surface area contributed by atoms with E-state index < -0.39 is 0 Å². The average Bonchev–Trinajstić information content (AvgIpc) is 2.47. The van der Waals surface area contributed by atoms with Gasteiger partial charge in [0.15, 0.2) is 0 Å². The molecule has 112 valence electrons. The smallest absolute Gasteiger partial charge is 0.131 e. The van der Waals surface area contributed by atoms with E-state index in [0.29, 0.717) is 6.04 Å². The Morgan fingerprint density at radius 2 is 2.00 bits per heavy atom. The molecule has 0 bridgehead atoms. The summed E-state index contributed by atoms with van der Waals surface area (Å²) in [5, 5.41) is 12.6. The van der Waals surface area contributed by atoms with E-state index in [2.05, 4.69) is 41.2 Å². The minimum absolute atomic E-state index is 0.0132. The van der Waals surface area contributed by atoms with E-state index in [4.69, 9.17) is 4.74 Å². The molecule has 2 aromatic rings. The Balaban J connectivity index is 2.21. The molecule has 21 heavy (non-hydrogen) atoms. The topological polar surface area (TPSA) is 41.5 Å². The minimum Gasteiger partial charge on any atom is -0.457 e. The van der Waals surface area contributed by atoms with Crippen molar-refractivity contribution in [1.29, 1.82) is 0 Å². The van der Waals surface area contributed by atoms with Crippen molar-refractivity contribution in [3.05, 3.63) is 58.1 Å². The number of benzene rings is 2. The predicted molar refractivity (Wildman–Crippen MR) is 88.6 cm³/mol. The summed E-state index contributed by atoms with van der Waals surface area (Å²) in [5.74, 6) is 1.55. The second kappa shape index (κ2) is 7.59. The second-order valence-corrected chi connectivity index (χ2v) is 6.11. The maximum atomic E-state index is 9.19. The van der Waals surface area contributed by atoms with Gasteiger partial charge in [-0.15, -0.1) is 0 Å². The fraction of sp³-hybridized carbons (Fsp3) is 0.294. The first-order valence-corrected chi connectivity index (χ1v) is 7.77. The second-order valence-electron chi connectivity index (χ2n) is 5.20. The highest BCUT2D eigenvalue weighted by Gasteiger charge is 2.07. The first kappa shape index (κ1) is 16.0. The molecule has 0 aliphatic heterocycles. The molecule has 2 rings (SSSR count). The summed E-state index contributed by atoms with van der Waals surface area (Å²) in [6.07, 6.45) is 0. The molecular weight excluding hydrogens is 330 g/mol. The molecule has 2 N–H and O–H groups in total. The lowest BCUT2D eigenvalue weighted by Gasteiger charge is -2.14. The van der Waals surface area contributed by atoms with E-state index in [1.54, 1.807) is 0 Å². The first-order valence-electron chi connectivity index (χ1n) is 6.98. The van der Waals surface area contributed by atoms with Crippen LogP contribution in [0.3, 0.4) is 0 Å². The number of aliphatic hydroxyl groups is 1. The number of ether oxygens (including phenoxy) is 1. The van der Waals surface area contributed by atoms with Gasteiger partial charge in [-0.05, 0) is 35.9 Å². The van der Waals surface area contributed by atoms with Gasteiger partial charge in [0, 0.05) is 22.6 Å². The number of hydrogen-bond donors (Lipinski definition) is 2. The molecule has 3 nitrogen and oxygen atoms in total. The van der Waals surface area contributed by atoms with Gasteiger partial charge in [-0.25, -0.2) is 0 Å². The van der Waals surface area contributed by atoms with Crippen LogP contribution in [0.4, 0.5) is 0 Å². The third kappa shape index (κ3) is 4.84. The summed E-state index contributed by atoms with van der Waals surface area (Å²) < 4.78 is 6.99. The van der Waals surface area contributed by atoms with E-state index in [1.807, 2.05) is 36.4 Å². The first-order chi connectivity index (χ1) is 10.1. The summed E-state index contributed by atoms with van der Waals surface area (Å²) in [4.78, 5) is 0. The van der Waals surface area contributed by atoms with E-state index in [9.17, 15) is 5.11 Å². The van der Waals surface area contributed by atoms with Gasteiger partial charge in [-0.1, -0.05) is 41.9 Å². The van der Waals surface area contributed by atoms with Crippen molar-refractivity contribution < 1.29 is 9.84 Å². The predicted octanol–water partition coefficient (Wildman–Crippen LogP) is 4.23. The Morgan fingerprint density at radius 3 is 2.71 bits per heavy atom. The molecule has 4 heteroatoms. The molecule has 0 fully saturated rings. The normalized spacial score (nSPS) is 10.9. The molecule has 0 amide bonds. The van der Waals surface area contributed by atoms with E-state index in [0.717, 1.165) is 33.6 Å². The molecule has 0 atom stereocenters. The van der Waals surface area contributed by atoms with Gasteiger partial charge in [0.05, 0.1) is 6.61 Å². The average molecular weight is 350 g/mol. The Hall–Kier alpha value is -1.36. The Bertz CT molecular complexity index is 599. The van der Waals surface area contributed by atoms with Gasteiger partial charge < -0.3 is 15.2 Å². The molecule has 0 saturated heterocycles. The molecule has 0 heterocycles. The van der Waals surface area contributed by atoms with Crippen LogP contribution in [0.25, 0.3) is 0 Å². The van der Waals surface area contributed by atoms with Crippen molar-refractivity contribution >= 4 is 15.9 Å². The largest absolute Gasteiger partial charge is 0.457 e. The summed E-state index contributed by atoms with van der Waals surface area (Å²) in [6.45, 7) is 4.98. The Labute approximate surface area is 134 Å². The SMILES string of the molecule is CC(C)NCc1cc(Br)ccc1Oc1cccc(CO)c1. The van der Waals surface area contributed by atoms with Gasteiger partial charge >= 0.3 is 0 Å². The van der Waals surface area contributed by atoms with Crippen LogP contribution in [-0.4, -0.2) is 11.1 Å². The highest BCUT2D eigenvalue weighted by atomic mass is 79.9. The maximum absolute atomic E-state index is 9.19. The van der Waals surface area contributed by atoms with E-state index >= 15 is 0 Å². The van der Waals surface area contributed by atoms with Crippen LogP contribution < -0.4 is 10.1 Å². The molecular formula is C17H20BrNO2. The summed E-state index contributed by atoms with van der Waals surface area (Å²) in [7, 11) is 0. The molecule has 0 saturated carbocycles. The quantitative estimate of drug-likeness (QED) is 0.819. The van der Waals surface area contributed by atoms with E-state index in [-0.39, 0.29) is 6.61 Å². The number of halogens is 1. The Morgan fingerprint density at radius 1 is 1.19 bits per heavy atom. The van der Waals surface area contributed by atoms with Crippen molar-refractivity contribution in [2.75, 3.05) is 0 Å². The third-order valence-corrected chi connectivity index (χ3v) is 3.53. The van der Waals surface area contributed by atoms with Gasteiger partial charge in [0.25, 0.3) is 0 Å². The van der Waals surface area contributed by atoms with E-state index in [1.165, 1.54) is 0 Å². The number of hydrogen-bond acceptors (Lipinski definition) is 3. The highest BCUT2D eigenvalue weighted by Crippen LogP contribution is 2.28. The fourth-order valence-corrected chi connectivity index (χ4v) is 2.34. The third-order valence-electron chi connectivity index (χ3n) is 3.03. The molecule has 0 radical (unpaired) electrons. The van der Waals surface area contributed by atoms with Gasteiger partial charge in [-0.3, -0.25) is 0 Å². The van der Waals surface area contributed by atoms with Crippen LogP contribution >= 0.6 is 15.9 Å². The zero-order valence-electron chi connectivity index (χ0n) is 12.3. The zero-order valence-corrected chi connectivity index (χ0v) is 13.9. The van der Waals surface area contributed by atoms with Gasteiger partial charge in [-0.2, -0.15) is 0 Å². The highest BCUT2D eigenvalue weighted by molar-refractivity contribution is 9.10. The standard InChI is InChI=1S/C17H20BrNO2/c1-12(2)19-10-14-9-15(18)6-7-17(14)21-16-5-3-4-13(8-16)11-20/h3-9,12,19-20H,10-11H2,1-2H3. The van der Waals surface area contributed by atoms with Crippen LogP contribution in [0.2, 0.25) is 0 Å². The Kier molecular flexibility index (Phi) is 5.79. The van der Waals surface area contributed by atoms with Crippen molar-refractivity contribution in [3.8, 4) is 11.5 Å². The summed E-state index contributed by atoms with van der Waals surface area (Å²) in [5.41, 5.74) is 1.93. The lowest BCUT2D eigenvalue weighted by atomic mass is 10.2. The van der Waals surface area contributed by atoms with Crippen molar-refractivity contribution in [2.24, 2.45) is 0 Å². The minimum atomic E-state index is 0.0132.